The minimum atomic E-state index is -0.282. The van der Waals surface area contributed by atoms with Crippen molar-refractivity contribution in [2.24, 2.45) is 5.92 Å². The van der Waals surface area contributed by atoms with Crippen molar-refractivity contribution in [2.75, 3.05) is 24.6 Å². The lowest BCUT2D eigenvalue weighted by Crippen LogP contribution is -2.48. The third-order valence-electron chi connectivity index (χ3n) is 3.97. The lowest BCUT2D eigenvalue weighted by Gasteiger charge is -2.40. The molecule has 1 unspecified atom stereocenters. The SMILES string of the molecule is CCCC(C(=O)NC=O)c1ccc(N2CC(CO)C2)cc1. The Morgan fingerprint density at radius 2 is 2.10 bits per heavy atom. The molecule has 0 saturated carbocycles. The van der Waals surface area contributed by atoms with Gasteiger partial charge < -0.3 is 10.0 Å². The summed E-state index contributed by atoms with van der Waals surface area (Å²) in [7, 11) is 0. The van der Waals surface area contributed by atoms with Crippen LogP contribution in [0.25, 0.3) is 0 Å². The highest BCUT2D eigenvalue weighted by Crippen LogP contribution is 2.28. The molecule has 1 heterocycles. The maximum atomic E-state index is 11.9. The summed E-state index contributed by atoms with van der Waals surface area (Å²) >= 11 is 0. The quantitative estimate of drug-likeness (QED) is 0.742. The number of nitrogens with one attached hydrogen (secondary N) is 1. The molecule has 0 aliphatic carbocycles. The average molecular weight is 290 g/mol. The summed E-state index contributed by atoms with van der Waals surface area (Å²) in [6, 6.07) is 7.90. The first-order valence-corrected chi connectivity index (χ1v) is 7.39. The maximum Gasteiger partial charge on any atom is 0.233 e. The van der Waals surface area contributed by atoms with E-state index in [1.165, 1.54) is 0 Å². The Labute approximate surface area is 125 Å². The molecule has 1 aliphatic rings. The molecule has 1 aromatic carbocycles. The number of aliphatic hydroxyl groups excluding tert-OH is 1. The smallest absolute Gasteiger partial charge is 0.233 e. The van der Waals surface area contributed by atoms with Gasteiger partial charge in [-0.05, 0) is 24.1 Å². The van der Waals surface area contributed by atoms with Gasteiger partial charge in [0.05, 0.1) is 5.92 Å². The van der Waals surface area contributed by atoms with E-state index in [-0.39, 0.29) is 18.4 Å². The first-order valence-electron chi connectivity index (χ1n) is 7.39. The molecule has 21 heavy (non-hydrogen) atoms. The number of benzene rings is 1. The zero-order valence-corrected chi connectivity index (χ0v) is 12.3. The predicted molar refractivity (Wildman–Crippen MR) is 81.1 cm³/mol. The van der Waals surface area contributed by atoms with Gasteiger partial charge in [0.1, 0.15) is 0 Å². The molecule has 1 fully saturated rings. The van der Waals surface area contributed by atoms with Crippen molar-refractivity contribution in [3.63, 3.8) is 0 Å². The second kappa shape index (κ2) is 7.22. The van der Waals surface area contributed by atoms with E-state index in [9.17, 15) is 9.59 Å². The van der Waals surface area contributed by atoms with Crippen LogP contribution in [0.1, 0.15) is 31.2 Å². The summed E-state index contributed by atoms with van der Waals surface area (Å²) in [5.74, 6) is -0.157. The number of rotatable bonds is 7. The standard InChI is InChI=1S/C16H22N2O3/c1-2-3-15(16(21)17-11-20)13-4-6-14(7-5-13)18-8-12(9-18)10-19/h4-7,11-12,15,19H,2-3,8-10H2,1H3,(H,17,20,21). The van der Waals surface area contributed by atoms with Gasteiger partial charge in [0.25, 0.3) is 0 Å². The van der Waals surface area contributed by atoms with E-state index in [1.807, 2.05) is 31.2 Å². The molecule has 5 heteroatoms. The number of carbonyl (C=O) groups is 2. The summed E-state index contributed by atoms with van der Waals surface area (Å²) < 4.78 is 0. The lowest BCUT2D eigenvalue weighted by molar-refractivity contribution is -0.126. The van der Waals surface area contributed by atoms with E-state index in [0.717, 1.165) is 37.2 Å². The molecule has 0 spiro atoms. The van der Waals surface area contributed by atoms with E-state index in [0.29, 0.717) is 12.3 Å². The van der Waals surface area contributed by atoms with E-state index < -0.39 is 0 Å². The number of anilines is 1. The molecular formula is C16H22N2O3. The van der Waals surface area contributed by atoms with Gasteiger partial charge in [-0.15, -0.1) is 0 Å². The van der Waals surface area contributed by atoms with Crippen LogP contribution in [0.3, 0.4) is 0 Å². The van der Waals surface area contributed by atoms with Gasteiger partial charge >= 0.3 is 0 Å². The topological polar surface area (TPSA) is 69.6 Å². The summed E-state index contributed by atoms with van der Waals surface area (Å²) in [4.78, 5) is 24.6. The summed E-state index contributed by atoms with van der Waals surface area (Å²) in [6.45, 7) is 4.00. The number of imide groups is 1. The summed E-state index contributed by atoms with van der Waals surface area (Å²) in [5.41, 5.74) is 2.04. The van der Waals surface area contributed by atoms with Crippen molar-refractivity contribution in [3.05, 3.63) is 29.8 Å². The van der Waals surface area contributed by atoms with Gasteiger partial charge in [-0.3, -0.25) is 14.9 Å². The van der Waals surface area contributed by atoms with Crippen LogP contribution in [-0.2, 0) is 9.59 Å². The van der Waals surface area contributed by atoms with Crippen molar-refractivity contribution in [1.82, 2.24) is 5.32 Å². The largest absolute Gasteiger partial charge is 0.396 e. The Balaban J connectivity index is 2.05. The number of carbonyl (C=O) groups excluding carboxylic acids is 2. The third-order valence-corrected chi connectivity index (χ3v) is 3.97. The van der Waals surface area contributed by atoms with Gasteiger partial charge in [-0.25, -0.2) is 0 Å². The van der Waals surface area contributed by atoms with Gasteiger partial charge in [-0.2, -0.15) is 0 Å². The molecule has 1 aliphatic heterocycles. The van der Waals surface area contributed by atoms with E-state index in [1.54, 1.807) is 0 Å². The van der Waals surface area contributed by atoms with Gasteiger partial charge in [0, 0.05) is 31.3 Å². The lowest BCUT2D eigenvalue weighted by atomic mass is 9.92. The van der Waals surface area contributed by atoms with Crippen LogP contribution in [0.4, 0.5) is 5.69 Å². The predicted octanol–water partition coefficient (Wildman–Crippen LogP) is 1.27. The summed E-state index contributed by atoms with van der Waals surface area (Å²) in [6.07, 6.45) is 2.03. The van der Waals surface area contributed by atoms with Crippen molar-refractivity contribution in [3.8, 4) is 0 Å². The first kappa shape index (κ1) is 15.5. The third kappa shape index (κ3) is 3.61. The highest BCUT2D eigenvalue weighted by atomic mass is 16.3. The molecule has 0 radical (unpaired) electrons. The Bertz CT molecular complexity index is 481. The number of amides is 2. The van der Waals surface area contributed by atoms with Crippen LogP contribution in [-0.4, -0.2) is 37.1 Å². The van der Waals surface area contributed by atoms with E-state index in [2.05, 4.69) is 10.2 Å². The molecule has 5 nitrogen and oxygen atoms in total. The molecular weight excluding hydrogens is 268 g/mol. The number of hydrogen-bond donors (Lipinski definition) is 2. The van der Waals surface area contributed by atoms with Crippen LogP contribution >= 0.6 is 0 Å². The maximum absolute atomic E-state index is 11.9. The Hall–Kier alpha value is -1.88. The minimum Gasteiger partial charge on any atom is -0.396 e. The van der Waals surface area contributed by atoms with Crippen LogP contribution in [0.2, 0.25) is 0 Å². The molecule has 0 aromatic heterocycles. The number of aliphatic hydroxyl groups is 1. The normalized spacial score (nSPS) is 16.2. The first-order chi connectivity index (χ1) is 10.2. The molecule has 2 rings (SSSR count). The Kier molecular flexibility index (Phi) is 5.33. The molecule has 1 saturated heterocycles. The molecule has 2 N–H and O–H groups in total. The van der Waals surface area contributed by atoms with E-state index >= 15 is 0 Å². The fourth-order valence-electron chi connectivity index (χ4n) is 2.71. The number of hydrogen-bond acceptors (Lipinski definition) is 4. The number of nitrogens with zero attached hydrogens (tertiary/aromatic N) is 1. The highest BCUT2D eigenvalue weighted by molar-refractivity contribution is 5.91. The molecule has 1 atom stereocenters. The van der Waals surface area contributed by atoms with E-state index in [4.69, 9.17) is 5.11 Å². The zero-order valence-electron chi connectivity index (χ0n) is 12.3. The van der Waals surface area contributed by atoms with Crippen LogP contribution < -0.4 is 10.2 Å². The van der Waals surface area contributed by atoms with Crippen LogP contribution in [0.5, 0.6) is 0 Å². The highest BCUT2D eigenvalue weighted by Gasteiger charge is 2.26. The second-order valence-electron chi connectivity index (χ2n) is 5.51. The van der Waals surface area contributed by atoms with Gasteiger partial charge in [0.2, 0.25) is 12.3 Å². The fourth-order valence-corrected chi connectivity index (χ4v) is 2.71. The van der Waals surface area contributed by atoms with Crippen molar-refractivity contribution < 1.29 is 14.7 Å². The van der Waals surface area contributed by atoms with Gasteiger partial charge in [-0.1, -0.05) is 25.5 Å². The average Bonchev–Trinajstić information content (AvgIpc) is 2.45. The Morgan fingerprint density at radius 1 is 1.43 bits per heavy atom. The van der Waals surface area contributed by atoms with Crippen LogP contribution in [0, 0.1) is 5.92 Å². The zero-order chi connectivity index (χ0) is 15.2. The monoisotopic (exact) mass is 290 g/mol. The second-order valence-corrected chi connectivity index (χ2v) is 5.51. The summed E-state index contributed by atoms with van der Waals surface area (Å²) in [5, 5.41) is 11.3. The Morgan fingerprint density at radius 3 is 2.62 bits per heavy atom. The van der Waals surface area contributed by atoms with Gasteiger partial charge in [0.15, 0.2) is 0 Å². The molecule has 1 aromatic rings. The van der Waals surface area contributed by atoms with Crippen molar-refractivity contribution in [1.29, 1.82) is 0 Å². The fraction of sp³-hybridized carbons (Fsp3) is 0.500. The molecule has 114 valence electrons. The molecule has 0 bridgehead atoms. The van der Waals surface area contributed by atoms with Crippen LogP contribution in [0.15, 0.2) is 24.3 Å². The van der Waals surface area contributed by atoms with Crippen molar-refractivity contribution in [2.45, 2.75) is 25.7 Å². The van der Waals surface area contributed by atoms with Crippen molar-refractivity contribution >= 4 is 18.0 Å². The molecule has 2 amide bonds. The minimum absolute atomic E-state index is 0.235.